The number of aliphatic hydroxyl groups is 1. The third kappa shape index (κ3) is 3.04. The highest BCUT2D eigenvalue weighted by Gasteiger charge is 2.27. The van der Waals surface area contributed by atoms with Gasteiger partial charge in [-0.1, -0.05) is 6.92 Å². The van der Waals surface area contributed by atoms with Crippen molar-refractivity contribution in [3.05, 3.63) is 23.8 Å². The Hall–Kier alpha value is -1.75. The van der Waals surface area contributed by atoms with E-state index in [9.17, 15) is 9.90 Å². The summed E-state index contributed by atoms with van der Waals surface area (Å²) >= 11 is 0. The van der Waals surface area contributed by atoms with Crippen LogP contribution in [0, 0.1) is 5.92 Å². The van der Waals surface area contributed by atoms with Gasteiger partial charge in [0, 0.05) is 18.7 Å². The standard InChI is InChI=1S/C15H22N2O3/c1-3-20-14-5-4-11(8-12(14)16)15(19)17-7-6-13(18)10(2)9-17/h4-5,8,10,13,18H,3,6-7,9,16H2,1-2H3. The first-order chi connectivity index (χ1) is 9.52. The third-order valence-electron chi connectivity index (χ3n) is 3.70. The number of likely N-dealkylation sites (tertiary alicyclic amines) is 1. The van der Waals surface area contributed by atoms with E-state index in [-0.39, 0.29) is 17.9 Å². The molecule has 5 heteroatoms. The molecule has 0 bridgehead atoms. The fraction of sp³-hybridized carbons (Fsp3) is 0.533. The molecule has 2 rings (SSSR count). The molecular formula is C15H22N2O3. The summed E-state index contributed by atoms with van der Waals surface area (Å²) in [5.74, 6) is 0.665. The van der Waals surface area contributed by atoms with E-state index in [0.717, 1.165) is 0 Å². The van der Waals surface area contributed by atoms with E-state index >= 15 is 0 Å². The van der Waals surface area contributed by atoms with Crippen molar-refractivity contribution in [3.63, 3.8) is 0 Å². The maximum absolute atomic E-state index is 12.4. The fourth-order valence-corrected chi connectivity index (χ4v) is 2.47. The Labute approximate surface area is 119 Å². The number of carbonyl (C=O) groups excluding carboxylic acids is 1. The van der Waals surface area contributed by atoms with Gasteiger partial charge in [0.25, 0.3) is 5.91 Å². The van der Waals surface area contributed by atoms with Gasteiger partial charge in [-0.05, 0) is 37.5 Å². The number of nitrogens with zero attached hydrogens (tertiary/aromatic N) is 1. The number of ether oxygens (including phenoxy) is 1. The summed E-state index contributed by atoms with van der Waals surface area (Å²) in [5, 5.41) is 9.71. The predicted octanol–water partition coefficient (Wildman–Crippen LogP) is 1.51. The average Bonchev–Trinajstić information content (AvgIpc) is 2.43. The molecule has 1 fully saturated rings. The molecule has 0 aromatic heterocycles. The molecule has 20 heavy (non-hydrogen) atoms. The van der Waals surface area contributed by atoms with Gasteiger partial charge in [-0.15, -0.1) is 0 Å². The van der Waals surface area contributed by atoms with Crippen molar-refractivity contribution in [2.45, 2.75) is 26.4 Å². The normalized spacial score (nSPS) is 22.6. The highest BCUT2D eigenvalue weighted by Crippen LogP contribution is 2.24. The largest absolute Gasteiger partial charge is 0.492 e. The van der Waals surface area contributed by atoms with E-state index in [1.54, 1.807) is 23.1 Å². The van der Waals surface area contributed by atoms with Gasteiger partial charge in [0.1, 0.15) is 5.75 Å². The van der Waals surface area contributed by atoms with Gasteiger partial charge in [-0.3, -0.25) is 4.79 Å². The van der Waals surface area contributed by atoms with Crippen molar-refractivity contribution >= 4 is 11.6 Å². The number of nitrogens with two attached hydrogens (primary N) is 1. The number of hydrogen-bond acceptors (Lipinski definition) is 4. The second-order valence-electron chi connectivity index (χ2n) is 5.27. The Kier molecular flexibility index (Phi) is 4.49. The summed E-state index contributed by atoms with van der Waals surface area (Å²) in [5.41, 5.74) is 6.93. The molecule has 2 unspecified atom stereocenters. The van der Waals surface area contributed by atoms with Crippen LogP contribution in [0.1, 0.15) is 30.6 Å². The Bertz CT molecular complexity index is 490. The first kappa shape index (κ1) is 14.7. The van der Waals surface area contributed by atoms with Gasteiger partial charge in [-0.25, -0.2) is 0 Å². The molecule has 1 amide bonds. The monoisotopic (exact) mass is 278 g/mol. The predicted molar refractivity (Wildman–Crippen MR) is 77.7 cm³/mol. The molecule has 1 aromatic carbocycles. The quantitative estimate of drug-likeness (QED) is 0.822. The van der Waals surface area contributed by atoms with Crippen LogP contribution in [0.5, 0.6) is 5.75 Å². The molecule has 1 aliphatic heterocycles. The van der Waals surface area contributed by atoms with E-state index < -0.39 is 0 Å². The molecule has 1 aromatic rings. The van der Waals surface area contributed by atoms with Gasteiger partial charge in [0.05, 0.1) is 18.4 Å². The van der Waals surface area contributed by atoms with Crippen molar-refractivity contribution in [2.75, 3.05) is 25.4 Å². The summed E-state index contributed by atoms with van der Waals surface area (Å²) in [6.45, 7) is 5.54. The highest BCUT2D eigenvalue weighted by atomic mass is 16.5. The summed E-state index contributed by atoms with van der Waals surface area (Å²) in [7, 11) is 0. The number of benzene rings is 1. The topological polar surface area (TPSA) is 75.8 Å². The Morgan fingerprint density at radius 3 is 2.90 bits per heavy atom. The molecule has 3 N–H and O–H groups in total. The minimum Gasteiger partial charge on any atom is -0.492 e. The van der Waals surface area contributed by atoms with Gasteiger partial charge < -0.3 is 20.5 Å². The zero-order valence-electron chi connectivity index (χ0n) is 12.0. The van der Waals surface area contributed by atoms with Crippen molar-refractivity contribution in [1.82, 2.24) is 4.90 Å². The maximum atomic E-state index is 12.4. The van der Waals surface area contributed by atoms with Gasteiger partial charge >= 0.3 is 0 Å². The van der Waals surface area contributed by atoms with Crippen molar-refractivity contribution < 1.29 is 14.6 Å². The summed E-state index contributed by atoms with van der Waals surface area (Å²) in [6, 6.07) is 5.12. The van der Waals surface area contributed by atoms with Crippen LogP contribution in [-0.2, 0) is 0 Å². The van der Waals surface area contributed by atoms with Crippen LogP contribution in [0.2, 0.25) is 0 Å². The van der Waals surface area contributed by atoms with Crippen molar-refractivity contribution in [1.29, 1.82) is 0 Å². The first-order valence-electron chi connectivity index (χ1n) is 7.02. The van der Waals surface area contributed by atoms with Crippen LogP contribution >= 0.6 is 0 Å². The van der Waals surface area contributed by atoms with Crippen molar-refractivity contribution in [3.8, 4) is 5.75 Å². The molecular weight excluding hydrogens is 256 g/mol. The zero-order chi connectivity index (χ0) is 14.7. The number of amides is 1. The smallest absolute Gasteiger partial charge is 0.253 e. The molecule has 1 saturated heterocycles. The molecule has 1 heterocycles. The van der Waals surface area contributed by atoms with Crippen LogP contribution in [0.3, 0.4) is 0 Å². The van der Waals surface area contributed by atoms with E-state index in [1.807, 2.05) is 13.8 Å². The molecule has 0 radical (unpaired) electrons. The SMILES string of the molecule is CCOc1ccc(C(=O)N2CCC(O)C(C)C2)cc1N. The molecule has 0 saturated carbocycles. The molecule has 5 nitrogen and oxygen atoms in total. The van der Waals surface area contributed by atoms with Crippen LogP contribution in [-0.4, -0.2) is 41.7 Å². The maximum Gasteiger partial charge on any atom is 0.253 e. The third-order valence-corrected chi connectivity index (χ3v) is 3.70. The van der Waals surface area contributed by atoms with Gasteiger partial charge in [0.2, 0.25) is 0 Å². The lowest BCUT2D eigenvalue weighted by atomic mass is 9.96. The molecule has 0 aliphatic carbocycles. The van der Waals surface area contributed by atoms with Crippen LogP contribution in [0.4, 0.5) is 5.69 Å². The number of hydrogen-bond donors (Lipinski definition) is 2. The first-order valence-corrected chi connectivity index (χ1v) is 7.02. The van der Waals surface area contributed by atoms with E-state index in [4.69, 9.17) is 10.5 Å². The molecule has 2 atom stereocenters. The lowest BCUT2D eigenvalue weighted by Gasteiger charge is -2.34. The van der Waals surface area contributed by atoms with Crippen molar-refractivity contribution in [2.24, 2.45) is 5.92 Å². The zero-order valence-corrected chi connectivity index (χ0v) is 12.0. The number of nitrogen functional groups attached to an aromatic ring is 1. The van der Waals surface area contributed by atoms with Crippen LogP contribution < -0.4 is 10.5 Å². The molecule has 1 aliphatic rings. The number of rotatable bonds is 3. The Morgan fingerprint density at radius 1 is 1.55 bits per heavy atom. The second kappa shape index (κ2) is 6.13. The van der Waals surface area contributed by atoms with Crippen LogP contribution in [0.25, 0.3) is 0 Å². The lowest BCUT2D eigenvalue weighted by molar-refractivity contribution is 0.0297. The minimum absolute atomic E-state index is 0.0431. The van der Waals surface area contributed by atoms with Crippen LogP contribution in [0.15, 0.2) is 18.2 Å². The van der Waals surface area contributed by atoms with Gasteiger partial charge in [-0.2, -0.15) is 0 Å². The Balaban J connectivity index is 2.11. The fourth-order valence-electron chi connectivity index (χ4n) is 2.47. The van der Waals surface area contributed by atoms with E-state index in [2.05, 4.69) is 0 Å². The summed E-state index contributed by atoms with van der Waals surface area (Å²) in [4.78, 5) is 14.2. The number of piperidine rings is 1. The second-order valence-corrected chi connectivity index (χ2v) is 5.27. The average molecular weight is 278 g/mol. The molecule has 0 spiro atoms. The molecule has 110 valence electrons. The van der Waals surface area contributed by atoms with Gasteiger partial charge in [0.15, 0.2) is 0 Å². The van der Waals surface area contributed by atoms with E-state index in [1.165, 1.54) is 0 Å². The lowest BCUT2D eigenvalue weighted by Crippen LogP contribution is -2.44. The number of aliphatic hydroxyl groups excluding tert-OH is 1. The highest BCUT2D eigenvalue weighted by molar-refractivity contribution is 5.95. The number of carbonyl (C=O) groups is 1. The minimum atomic E-state index is -0.315. The summed E-state index contributed by atoms with van der Waals surface area (Å²) in [6.07, 6.45) is 0.309. The summed E-state index contributed by atoms with van der Waals surface area (Å²) < 4.78 is 5.37. The van der Waals surface area contributed by atoms with E-state index in [0.29, 0.717) is 43.1 Å². The Morgan fingerprint density at radius 2 is 2.30 bits per heavy atom. The number of anilines is 1.